The summed E-state index contributed by atoms with van der Waals surface area (Å²) in [6.45, 7) is 2.25. The number of anilines is 2. The molecule has 2 fully saturated rings. The smallest absolute Gasteiger partial charge is 0.234 e. The van der Waals surface area contributed by atoms with Crippen LogP contribution in [0.4, 0.5) is 11.4 Å². The summed E-state index contributed by atoms with van der Waals surface area (Å²) in [4.78, 5) is 14.5. The number of nitrogens with one attached hydrogen (secondary N) is 1. The summed E-state index contributed by atoms with van der Waals surface area (Å²) in [5.41, 5.74) is 2.05. The van der Waals surface area contributed by atoms with E-state index < -0.39 is 0 Å². The van der Waals surface area contributed by atoms with E-state index in [0.29, 0.717) is 11.8 Å². The molecule has 126 valence electrons. The zero-order valence-electron chi connectivity index (χ0n) is 13.4. The van der Waals surface area contributed by atoms with Gasteiger partial charge < -0.3 is 10.2 Å². The maximum Gasteiger partial charge on any atom is 0.234 e. The minimum atomic E-state index is -0.0423. The molecule has 1 aromatic carbocycles. The Balaban J connectivity index is 1.30. The number of hydrogen-bond acceptors (Lipinski definition) is 6. The van der Waals surface area contributed by atoms with Crippen LogP contribution >= 0.6 is 11.8 Å². The first-order valence-electron chi connectivity index (χ1n) is 8.35. The first kappa shape index (κ1) is 15.4. The summed E-state index contributed by atoms with van der Waals surface area (Å²) in [6.07, 6.45) is 4.76. The van der Waals surface area contributed by atoms with Gasteiger partial charge in [-0.05, 0) is 60.4 Å². The average molecular weight is 344 g/mol. The third-order valence-corrected chi connectivity index (χ3v) is 5.24. The van der Waals surface area contributed by atoms with Crippen LogP contribution in [0.25, 0.3) is 0 Å². The van der Waals surface area contributed by atoms with Gasteiger partial charge in [0.25, 0.3) is 0 Å². The van der Waals surface area contributed by atoms with Crippen molar-refractivity contribution in [2.75, 3.05) is 29.1 Å². The summed E-state index contributed by atoms with van der Waals surface area (Å²) in [5.74, 6) is 0.264. The number of carbonyl (C=O) groups excluding carboxylic acids is 1. The summed E-state index contributed by atoms with van der Waals surface area (Å²) in [7, 11) is 0. The Morgan fingerprint density at radius 2 is 1.96 bits per heavy atom. The normalized spacial score (nSPS) is 17.2. The highest BCUT2D eigenvalue weighted by molar-refractivity contribution is 7.99. The van der Waals surface area contributed by atoms with Gasteiger partial charge in [-0.15, -0.1) is 5.10 Å². The van der Waals surface area contributed by atoms with E-state index in [1.165, 1.54) is 30.3 Å². The van der Waals surface area contributed by atoms with Gasteiger partial charge in [0.15, 0.2) is 0 Å². The molecule has 7 nitrogen and oxygen atoms in total. The van der Waals surface area contributed by atoms with Gasteiger partial charge in [0, 0.05) is 24.5 Å². The van der Waals surface area contributed by atoms with Crippen LogP contribution in [0.1, 0.15) is 31.7 Å². The molecule has 0 atom stereocenters. The Hall–Kier alpha value is -2.09. The monoisotopic (exact) mass is 344 g/mol. The van der Waals surface area contributed by atoms with Crippen molar-refractivity contribution in [1.82, 2.24) is 20.2 Å². The molecule has 2 heterocycles. The van der Waals surface area contributed by atoms with Gasteiger partial charge in [-0.1, -0.05) is 11.8 Å². The van der Waals surface area contributed by atoms with Crippen LogP contribution in [0.15, 0.2) is 29.4 Å². The molecular weight excluding hydrogens is 324 g/mol. The van der Waals surface area contributed by atoms with Crippen molar-refractivity contribution in [2.24, 2.45) is 0 Å². The molecule has 0 radical (unpaired) electrons. The van der Waals surface area contributed by atoms with E-state index in [4.69, 9.17) is 0 Å². The molecule has 2 aromatic rings. The number of carbonyl (C=O) groups is 1. The van der Waals surface area contributed by atoms with Crippen LogP contribution in [-0.4, -0.2) is 45.0 Å². The quantitative estimate of drug-likeness (QED) is 0.811. The third-order valence-electron chi connectivity index (χ3n) is 4.31. The van der Waals surface area contributed by atoms with Crippen LogP contribution in [0.3, 0.4) is 0 Å². The Morgan fingerprint density at radius 3 is 2.67 bits per heavy atom. The minimum absolute atomic E-state index is 0.0423. The Labute approximate surface area is 144 Å². The van der Waals surface area contributed by atoms with Gasteiger partial charge in [-0.3, -0.25) is 4.79 Å². The van der Waals surface area contributed by atoms with E-state index >= 15 is 0 Å². The van der Waals surface area contributed by atoms with Crippen LogP contribution in [0, 0.1) is 0 Å². The number of benzene rings is 1. The molecule has 8 heteroatoms. The maximum atomic E-state index is 12.1. The maximum absolute atomic E-state index is 12.1. The van der Waals surface area contributed by atoms with Crippen molar-refractivity contribution in [3.63, 3.8) is 0 Å². The average Bonchev–Trinajstić information content (AvgIpc) is 3.11. The second kappa shape index (κ2) is 6.80. The topological polar surface area (TPSA) is 75.9 Å². The van der Waals surface area contributed by atoms with E-state index in [9.17, 15) is 4.79 Å². The number of tetrazole rings is 1. The molecule has 4 rings (SSSR count). The fraction of sp³-hybridized carbons (Fsp3) is 0.500. The Bertz CT molecular complexity index is 706. The van der Waals surface area contributed by atoms with Gasteiger partial charge in [0.2, 0.25) is 11.1 Å². The zero-order chi connectivity index (χ0) is 16.4. The molecule has 0 bridgehead atoms. The molecule has 1 amide bonds. The lowest BCUT2D eigenvalue weighted by atomic mass is 10.2. The molecule has 1 aliphatic carbocycles. The zero-order valence-corrected chi connectivity index (χ0v) is 14.2. The van der Waals surface area contributed by atoms with Gasteiger partial charge in [0.05, 0.1) is 11.8 Å². The number of nitrogens with zero attached hydrogens (tertiary/aromatic N) is 5. The fourth-order valence-corrected chi connectivity index (χ4v) is 3.63. The second-order valence-corrected chi connectivity index (χ2v) is 7.16. The van der Waals surface area contributed by atoms with Crippen LogP contribution in [0.2, 0.25) is 0 Å². The van der Waals surface area contributed by atoms with E-state index in [1.807, 2.05) is 16.8 Å². The van der Waals surface area contributed by atoms with Crippen molar-refractivity contribution in [3.8, 4) is 0 Å². The molecule has 1 saturated carbocycles. The van der Waals surface area contributed by atoms with Crippen molar-refractivity contribution >= 4 is 29.0 Å². The van der Waals surface area contributed by atoms with Gasteiger partial charge in [-0.25, -0.2) is 4.68 Å². The highest BCUT2D eigenvalue weighted by atomic mass is 32.2. The predicted molar refractivity (Wildman–Crippen MR) is 93.3 cm³/mol. The van der Waals surface area contributed by atoms with E-state index in [2.05, 4.69) is 37.9 Å². The van der Waals surface area contributed by atoms with Crippen LogP contribution in [0.5, 0.6) is 0 Å². The van der Waals surface area contributed by atoms with E-state index in [1.54, 1.807) is 0 Å². The molecule has 2 aliphatic rings. The lowest BCUT2D eigenvalue weighted by Crippen LogP contribution is -2.18. The minimum Gasteiger partial charge on any atom is -0.372 e. The molecule has 1 aromatic heterocycles. The van der Waals surface area contributed by atoms with Crippen molar-refractivity contribution in [2.45, 2.75) is 36.9 Å². The molecule has 0 spiro atoms. The van der Waals surface area contributed by atoms with Crippen LogP contribution < -0.4 is 10.2 Å². The lowest BCUT2D eigenvalue weighted by Gasteiger charge is -2.17. The summed E-state index contributed by atoms with van der Waals surface area (Å²) in [5, 5.41) is 15.3. The number of rotatable bonds is 6. The molecular formula is C16H20N6OS. The second-order valence-electron chi connectivity index (χ2n) is 6.22. The molecule has 24 heavy (non-hydrogen) atoms. The molecule has 1 N–H and O–H groups in total. The molecule has 0 unspecified atom stereocenters. The first-order valence-corrected chi connectivity index (χ1v) is 9.34. The van der Waals surface area contributed by atoms with Crippen LogP contribution in [-0.2, 0) is 4.79 Å². The Morgan fingerprint density at radius 1 is 1.21 bits per heavy atom. The first-order chi connectivity index (χ1) is 11.8. The highest BCUT2D eigenvalue weighted by Gasteiger charge is 2.28. The van der Waals surface area contributed by atoms with Gasteiger partial charge in [-0.2, -0.15) is 0 Å². The largest absolute Gasteiger partial charge is 0.372 e. The van der Waals surface area contributed by atoms with E-state index in [0.717, 1.165) is 36.8 Å². The van der Waals surface area contributed by atoms with Gasteiger partial charge in [0.1, 0.15) is 0 Å². The summed E-state index contributed by atoms with van der Waals surface area (Å²) < 4.78 is 1.82. The predicted octanol–water partition coefficient (Wildman–Crippen LogP) is 2.34. The summed E-state index contributed by atoms with van der Waals surface area (Å²) >= 11 is 1.38. The fourth-order valence-electron chi connectivity index (χ4n) is 2.89. The van der Waals surface area contributed by atoms with Gasteiger partial charge >= 0.3 is 0 Å². The summed E-state index contributed by atoms with van der Waals surface area (Å²) in [6, 6.07) is 8.49. The molecule has 1 aliphatic heterocycles. The molecule has 1 saturated heterocycles. The van der Waals surface area contributed by atoms with Crippen molar-refractivity contribution in [3.05, 3.63) is 24.3 Å². The van der Waals surface area contributed by atoms with Crippen molar-refractivity contribution in [1.29, 1.82) is 0 Å². The highest BCUT2D eigenvalue weighted by Crippen LogP contribution is 2.36. The SMILES string of the molecule is O=C(CSc1nnnn1C1CC1)Nc1ccc(N2CCCC2)cc1. The number of amides is 1. The third kappa shape index (κ3) is 3.53. The Kier molecular flexibility index (Phi) is 4.38. The van der Waals surface area contributed by atoms with E-state index in [-0.39, 0.29) is 5.91 Å². The number of thioether (sulfide) groups is 1. The number of aromatic nitrogens is 4. The number of hydrogen-bond donors (Lipinski definition) is 1. The van der Waals surface area contributed by atoms with Crippen molar-refractivity contribution < 1.29 is 4.79 Å². The lowest BCUT2D eigenvalue weighted by molar-refractivity contribution is -0.113. The standard InChI is InChI=1S/C16H20N6OS/c23-15(11-24-16-18-19-20-22(16)14-7-8-14)17-12-3-5-13(6-4-12)21-9-1-2-10-21/h3-6,14H,1-2,7-11H2,(H,17,23).